The highest BCUT2D eigenvalue weighted by molar-refractivity contribution is 5.74. The minimum Gasteiger partial charge on any atom is -0.480 e. The molecule has 15 heavy (non-hydrogen) atoms. The number of hydrogen-bond acceptors (Lipinski definition) is 4. The third-order valence-electron chi connectivity index (χ3n) is 2.43. The van der Waals surface area contributed by atoms with Gasteiger partial charge in [0.15, 0.2) is 0 Å². The Labute approximate surface area is 87.4 Å². The number of aliphatic hydroxyl groups excluding tert-OH is 1. The fourth-order valence-corrected chi connectivity index (χ4v) is 1.74. The van der Waals surface area contributed by atoms with Gasteiger partial charge in [-0.25, -0.2) is 4.79 Å². The molecule has 2 unspecified atom stereocenters. The molecule has 0 spiro atoms. The van der Waals surface area contributed by atoms with Gasteiger partial charge in [0.1, 0.15) is 6.61 Å². The van der Waals surface area contributed by atoms with Crippen LogP contribution in [-0.4, -0.2) is 58.9 Å². The van der Waals surface area contributed by atoms with Crippen LogP contribution in [0.4, 0.5) is 0 Å². The van der Waals surface area contributed by atoms with Crippen molar-refractivity contribution in [3.8, 4) is 0 Å². The lowest BCUT2D eigenvalue weighted by atomic mass is 10.2. The summed E-state index contributed by atoms with van der Waals surface area (Å²) in [6.07, 6.45) is 0.200. The standard InChI is InChI=1S/C9H15NO5/c1-6(12)10-3-8(2-7(10)4-11)15-5-9(13)14/h7-8,11H,2-5H2,1H3,(H,13,14). The molecule has 2 N–H and O–H groups in total. The molecule has 6 heteroatoms. The van der Waals surface area contributed by atoms with Crippen molar-refractivity contribution in [1.29, 1.82) is 0 Å². The minimum absolute atomic E-state index is 0.119. The van der Waals surface area contributed by atoms with Gasteiger partial charge in [0.25, 0.3) is 0 Å². The number of hydrogen-bond donors (Lipinski definition) is 2. The molecule has 86 valence electrons. The maximum absolute atomic E-state index is 11.1. The summed E-state index contributed by atoms with van der Waals surface area (Å²) >= 11 is 0. The van der Waals surface area contributed by atoms with Gasteiger partial charge in [0, 0.05) is 13.5 Å². The number of rotatable bonds is 4. The van der Waals surface area contributed by atoms with Crippen LogP contribution in [0.1, 0.15) is 13.3 Å². The molecule has 1 saturated heterocycles. The van der Waals surface area contributed by atoms with E-state index in [4.69, 9.17) is 14.9 Å². The van der Waals surface area contributed by atoms with E-state index in [0.29, 0.717) is 13.0 Å². The highest BCUT2D eigenvalue weighted by atomic mass is 16.5. The summed E-state index contributed by atoms with van der Waals surface area (Å²) in [7, 11) is 0. The van der Waals surface area contributed by atoms with Crippen molar-refractivity contribution in [2.75, 3.05) is 19.8 Å². The number of carbonyl (C=O) groups excluding carboxylic acids is 1. The maximum atomic E-state index is 11.1. The number of carboxylic acids is 1. The quantitative estimate of drug-likeness (QED) is 0.635. The van der Waals surface area contributed by atoms with E-state index in [0.717, 1.165) is 0 Å². The van der Waals surface area contributed by atoms with Crippen molar-refractivity contribution in [2.24, 2.45) is 0 Å². The Bertz CT molecular complexity index is 255. The number of carbonyl (C=O) groups is 2. The van der Waals surface area contributed by atoms with Crippen LogP contribution in [0.25, 0.3) is 0 Å². The molecule has 1 heterocycles. The first-order valence-electron chi connectivity index (χ1n) is 4.76. The summed E-state index contributed by atoms with van der Waals surface area (Å²) < 4.78 is 5.07. The van der Waals surface area contributed by atoms with E-state index in [2.05, 4.69) is 0 Å². The molecule has 0 aromatic carbocycles. The summed E-state index contributed by atoms with van der Waals surface area (Å²) in [6.45, 7) is 1.29. The van der Waals surface area contributed by atoms with Crippen molar-refractivity contribution in [3.63, 3.8) is 0 Å². The molecule has 0 aromatic heterocycles. The summed E-state index contributed by atoms with van der Waals surface area (Å²) in [5.41, 5.74) is 0. The predicted octanol–water partition coefficient (Wildman–Crippen LogP) is -0.931. The van der Waals surface area contributed by atoms with Gasteiger partial charge in [-0.2, -0.15) is 0 Å². The van der Waals surface area contributed by atoms with Gasteiger partial charge in [0.05, 0.1) is 18.8 Å². The SMILES string of the molecule is CC(=O)N1CC(OCC(=O)O)CC1CO. The van der Waals surface area contributed by atoms with Crippen LogP contribution >= 0.6 is 0 Å². The lowest BCUT2D eigenvalue weighted by Crippen LogP contribution is -2.36. The Balaban J connectivity index is 2.45. The van der Waals surface area contributed by atoms with Crippen LogP contribution in [0.2, 0.25) is 0 Å². The first-order valence-corrected chi connectivity index (χ1v) is 4.76. The van der Waals surface area contributed by atoms with Crippen molar-refractivity contribution in [1.82, 2.24) is 4.90 Å². The van der Waals surface area contributed by atoms with E-state index in [1.165, 1.54) is 11.8 Å². The van der Waals surface area contributed by atoms with Crippen LogP contribution in [-0.2, 0) is 14.3 Å². The van der Waals surface area contributed by atoms with E-state index in [9.17, 15) is 9.59 Å². The monoisotopic (exact) mass is 217 g/mol. The van der Waals surface area contributed by atoms with E-state index < -0.39 is 5.97 Å². The topological polar surface area (TPSA) is 87.1 Å². The summed E-state index contributed by atoms with van der Waals surface area (Å²) in [4.78, 5) is 22.9. The zero-order chi connectivity index (χ0) is 11.4. The number of carboxylic acid groups (broad SMARTS) is 1. The average Bonchev–Trinajstić information content (AvgIpc) is 2.57. The van der Waals surface area contributed by atoms with Crippen molar-refractivity contribution in [3.05, 3.63) is 0 Å². The minimum atomic E-state index is -1.03. The first-order chi connectivity index (χ1) is 7.04. The molecule has 1 aliphatic heterocycles. The van der Waals surface area contributed by atoms with Crippen LogP contribution in [0.15, 0.2) is 0 Å². The summed E-state index contributed by atoms with van der Waals surface area (Å²) in [5.74, 6) is -1.16. The van der Waals surface area contributed by atoms with Crippen molar-refractivity contribution < 1.29 is 24.5 Å². The number of aliphatic hydroxyl groups is 1. The zero-order valence-electron chi connectivity index (χ0n) is 8.55. The van der Waals surface area contributed by atoms with Gasteiger partial charge < -0.3 is 19.8 Å². The van der Waals surface area contributed by atoms with Gasteiger partial charge >= 0.3 is 5.97 Å². The van der Waals surface area contributed by atoms with Crippen molar-refractivity contribution >= 4 is 11.9 Å². The summed E-state index contributed by atoms with van der Waals surface area (Å²) in [6, 6.07) is -0.249. The number of amides is 1. The molecule has 1 aliphatic rings. The Morgan fingerprint density at radius 1 is 1.53 bits per heavy atom. The van der Waals surface area contributed by atoms with E-state index in [-0.39, 0.29) is 31.3 Å². The second-order valence-corrected chi connectivity index (χ2v) is 3.57. The van der Waals surface area contributed by atoms with Gasteiger partial charge in [-0.3, -0.25) is 4.79 Å². The number of likely N-dealkylation sites (tertiary alicyclic amines) is 1. The lowest BCUT2D eigenvalue weighted by Gasteiger charge is -2.20. The molecular formula is C9H15NO5. The lowest BCUT2D eigenvalue weighted by molar-refractivity contribution is -0.144. The molecule has 0 saturated carbocycles. The number of ether oxygens (including phenoxy) is 1. The molecule has 1 amide bonds. The largest absolute Gasteiger partial charge is 0.480 e. The summed E-state index contributed by atoms with van der Waals surface area (Å²) in [5, 5.41) is 17.4. The molecule has 0 radical (unpaired) electrons. The van der Waals surface area contributed by atoms with Gasteiger partial charge in [-0.05, 0) is 6.42 Å². The highest BCUT2D eigenvalue weighted by Gasteiger charge is 2.33. The predicted molar refractivity (Wildman–Crippen MR) is 50.3 cm³/mol. The maximum Gasteiger partial charge on any atom is 0.329 e. The third-order valence-corrected chi connectivity index (χ3v) is 2.43. The van der Waals surface area contributed by atoms with Crippen LogP contribution in [0.5, 0.6) is 0 Å². The van der Waals surface area contributed by atoms with Gasteiger partial charge in [-0.1, -0.05) is 0 Å². The first kappa shape index (κ1) is 11.9. The molecule has 1 rings (SSSR count). The molecule has 0 aliphatic carbocycles. The van der Waals surface area contributed by atoms with Crippen LogP contribution in [0.3, 0.4) is 0 Å². The van der Waals surface area contributed by atoms with Gasteiger partial charge in [0.2, 0.25) is 5.91 Å². The Morgan fingerprint density at radius 3 is 2.60 bits per heavy atom. The molecule has 6 nitrogen and oxygen atoms in total. The third kappa shape index (κ3) is 3.17. The Kier molecular flexibility index (Phi) is 4.05. The fourth-order valence-electron chi connectivity index (χ4n) is 1.74. The van der Waals surface area contributed by atoms with Crippen molar-refractivity contribution in [2.45, 2.75) is 25.5 Å². The highest BCUT2D eigenvalue weighted by Crippen LogP contribution is 2.19. The van der Waals surface area contributed by atoms with E-state index in [1.54, 1.807) is 0 Å². The number of aliphatic carboxylic acids is 1. The van der Waals surface area contributed by atoms with Gasteiger partial charge in [-0.15, -0.1) is 0 Å². The molecule has 0 bridgehead atoms. The molecule has 0 aromatic rings. The smallest absolute Gasteiger partial charge is 0.329 e. The Hall–Kier alpha value is -1.14. The average molecular weight is 217 g/mol. The second kappa shape index (κ2) is 5.09. The fraction of sp³-hybridized carbons (Fsp3) is 0.778. The van der Waals surface area contributed by atoms with Crippen LogP contribution < -0.4 is 0 Å². The Morgan fingerprint density at radius 2 is 2.20 bits per heavy atom. The van der Waals surface area contributed by atoms with Crippen LogP contribution in [0, 0.1) is 0 Å². The van der Waals surface area contributed by atoms with E-state index in [1.807, 2.05) is 0 Å². The molecular weight excluding hydrogens is 202 g/mol. The molecule has 1 fully saturated rings. The molecule has 2 atom stereocenters. The normalized spacial score (nSPS) is 25.6. The van der Waals surface area contributed by atoms with E-state index >= 15 is 0 Å². The number of nitrogens with zero attached hydrogens (tertiary/aromatic N) is 1. The zero-order valence-corrected chi connectivity index (χ0v) is 8.55. The second-order valence-electron chi connectivity index (χ2n) is 3.57.